The predicted molar refractivity (Wildman–Crippen MR) is 111 cm³/mol. The summed E-state index contributed by atoms with van der Waals surface area (Å²) in [5, 5.41) is 3.55. The second kappa shape index (κ2) is 8.80. The van der Waals surface area contributed by atoms with Gasteiger partial charge in [0, 0.05) is 43.0 Å². The van der Waals surface area contributed by atoms with Crippen LogP contribution in [0.5, 0.6) is 5.75 Å². The highest BCUT2D eigenvalue weighted by molar-refractivity contribution is 6.31. The van der Waals surface area contributed by atoms with Gasteiger partial charge in [0.15, 0.2) is 0 Å². The summed E-state index contributed by atoms with van der Waals surface area (Å²) in [6, 6.07) is 9.76. The number of nitrogens with one attached hydrogen (secondary N) is 1. The van der Waals surface area contributed by atoms with E-state index in [9.17, 15) is 9.18 Å². The Kier molecular flexibility index (Phi) is 6.42. The summed E-state index contributed by atoms with van der Waals surface area (Å²) in [4.78, 5) is 17.1. The molecule has 1 heterocycles. The van der Waals surface area contributed by atoms with Crippen LogP contribution in [0.15, 0.2) is 36.4 Å². The molecule has 0 aliphatic carbocycles. The predicted octanol–water partition coefficient (Wildman–Crippen LogP) is 3.95. The zero-order valence-corrected chi connectivity index (χ0v) is 17.1. The van der Waals surface area contributed by atoms with Crippen molar-refractivity contribution in [3.05, 3.63) is 52.8 Å². The molecule has 0 bridgehead atoms. The fourth-order valence-electron chi connectivity index (χ4n) is 3.35. The van der Waals surface area contributed by atoms with Crippen LogP contribution in [0.25, 0.3) is 0 Å². The molecule has 3 rings (SSSR count). The molecule has 1 amide bonds. The van der Waals surface area contributed by atoms with Gasteiger partial charge in [-0.05, 0) is 49.7 Å². The van der Waals surface area contributed by atoms with Gasteiger partial charge in [0.1, 0.15) is 11.6 Å². The summed E-state index contributed by atoms with van der Waals surface area (Å²) in [6.45, 7) is 6.86. The van der Waals surface area contributed by atoms with E-state index < -0.39 is 0 Å². The maximum atomic E-state index is 13.1. The number of hydrogen-bond donors (Lipinski definition) is 1. The van der Waals surface area contributed by atoms with Gasteiger partial charge in [-0.2, -0.15) is 0 Å². The quantitative estimate of drug-likeness (QED) is 0.818. The summed E-state index contributed by atoms with van der Waals surface area (Å²) in [5.74, 6) is 0.216. The SMILES string of the molecule is COc1cc(Cl)c(C)cc1NC(=O)C(C)N1CCN(c2ccc(F)cc2)CC1. The first-order valence-electron chi connectivity index (χ1n) is 9.28. The molecule has 0 saturated carbocycles. The average molecular weight is 406 g/mol. The van der Waals surface area contributed by atoms with E-state index >= 15 is 0 Å². The summed E-state index contributed by atoms with van der Waals surface area (Å²) in [5.41, 5.74) is 2.49. The van der Waals surface area contributed by atoms with Crippen molar-refractivity contribution in [3.8, 4) is 5.75 Å². The van der Waals surface area contributed by atoms with Crippen molar-refractivity contribution in [2.45, 2.75) is 19.9 Å². The Morgan fingerprint density at radius 2 is 1.82 bits per heavy atom. The lowest BCUT2D eigenvalue weighted by Crippen LogP contribution is -2.52. The molecular formula is C21H25ClFN3O2. The van der Waals surface area contributed by atoms with Crippen molar-refractivity contribution in [1.29, 1.82) is 0 Å². The highest BCUT2D eigenvalue weighted by Crippen LogP contribution is 2.31. The number of methoxy groups -OCH3 is 1. The van der Waals surface area contributed by atoms with Gasteiger partial charge in [0.05, 0.1) is 18.8 Å². The first-order valence-corrected chi connectivity index (χ1v) is 9.66. The van der Waals surface area contributed by atoms with E-state index in [0.29, 0.717) is 16.5 Å². The summed E-state index contributed by atoms with van der Waals surface area (Å²) < 4.78 is 18.4. The number of ether oxygens (including phenoxy) is 1. The molecule has 28 heavy (non-hydrogen) atoms. The van der Waals surface area contributed by atoms with E-state index in [1.54, 1.807) is 25.3 Å². The van der Waals surface area contributed by atoms with Crippen molar-refractivity contribution in [3.63, 3.8) is 0 Å². The molecular weight excluding hydrogens is 381 g/mol. The van der Waals surface area contributed by atoms with Crippen LogP contribution in [-0.4, -0.2) is 50.1 Å². The zero-order chi connectivity index (χ0) is 20.3. The highest BCUT2D eigenvalue weighted by atomic mass is 35.5. The van der Waals surface area contributed by atoms with Crippen LogP contribution in [0.1, 0.15) is 12.5 Å². The third kappa shape index (κ3) is 4.56. The van der Waals surface area contributed by atoms with Gasteiger partial charge in [-0.15, -0.1) is 0 Å². The molecule has 0 aromatic heterocycles. The molecule has 1 fully saturated rings. The number of piperazine rings is 1. The van der Waals surface area contributed by atoms with Crippen molar-refractivity contribution >= 4 is 28.9 Å². The summed E-state index contributed by atoms with van der Waals surface area (Å²) in [7, 11) is 1.55. The minimum Gasteiger partial charge on any atom is -0.495 e. The highest BCUT2D eigenvalue weighted by Gasteiger charge is 2.26. The Bertz CT molecular complexity index is 836. The van der Waals surface area contributed by atoms with Gasteiger partial charge in [-0.1, -0.05) is 11.6 Å². The number of rotatable bonds is 5. The minimum atomic E-state index is -0.281. The number of halogens is 2. The lowest BCUT2D eigenvalue weighted by atomic mass is 10.1. The van der Waals surface area contributed by atoms with E-state index in [0.717, 1.165) is 37.4 Å². The van der Waals surface area contributed by atoms with Gasteiger partial charge in [0.2, 0.25) is 5.91 Å². The Hall–Kier alpha value is -2.31. The lowest BCUT2D eigenvalue weighted by molar-refractivity contribution is -0.120. The van der Waals surface area contributed by atoms with Gasteiger partial charge in [0.25, 0.3) is 0 Å². The van der Waals surface area contributed by atoms with E-state index in [4.69, 9.17) is 16.3 Å². The average Bonchev–Trinajstić information content (AvgIpc) is 2.70. The van der Waals surface area contributed by atoms with Crippen molar-refractivity contribution in [2.75, 3.05) is 43.5 Å². The van der Waals surface area contributed by atoms with E-state index in [1.807, 2.05) is 19.9 Å². The van der Waals surface area contributed by atoms with Gasteiger partial charge >= 0.3 is 0 Å². The molecule has 7 heteroatoms. The zero-order valence-electron chi connectivity index (χ0n) is 16.3. The van der Waals surface area contributed by atoms with Gasteiger partial charge in [-0.3, -0.25) is 9.69 Å². The molecule has 1 saturated heterocycles. The van der Waals surface area contributed by atoms with Crippen molar-refractivity contribution in [2.24, 2.45) is 0 Å². The largest absolute Gasteiger partial charge is 0.495 e. The second-order valence-electron chi connectivity index (χ2n) is 6.97. The topological polar surface area (TPSA) is 44.8 Å². The van der Waals surface area contributed by atoms with Crippen LogP contribution >= 0.6 is 11.6 Å². The molecule has 0 spiro atoms. The van der Waals surface area contributed by atoms with Crippen molar-refractivity contribution in [1.82, 2.24) is 4.90 Å². The summed E-state index contributed by atoms with van der Waals surface area (Å²) in [6.07, 6.45) is 0. The third-order valence-corrected chi connectivity index (χ3v) is 5.58. The monoisotopic (exact) mass is 405 g/mol. The number of nitrogens with zero attached hydrogens (tertiary/aromatic N) is 2. The van der Waals surface area contributed by atoms with E-state index in [2.05, 4.69) is 15.1 Å². The Morgan fingerprint density at radius 3 is 2.43 bits per heavy atom. The molecule has 0 radical (unpaired) electrons. The Labute approximate surface area is 170 Å². The molecule has 1 aliphatic heterocycles. The minimum absolute atomic E-state index is 0.0877. The molecule has 1 unspecified atom stereocenters. The van der Waals surface area contributed by atoms with Crippen LogP contribution in [-0.2, 0) is 4.79 Å². The maximum absolute atomic E-state index is 13.1. The smallest absolute Gasteiger partial charge is 0.241 e. The first-order chi connectivity index (χ1) is 13.4. The van der Waals surface area contributed by atoms with Gasteiger partial charge in [-0.25, -0.2) is 4.39 Å². The third-order valence-electron chi connectivity index (χ3n) is 5.17. The molecule has 1 atom stereocenters. The fraction of sp³-hybridized carbons (Fsp3) is 0.381. The van der Waals surface area contributed by atoms with Gasteiger partial charge < -0.3 is 15.0 Å². The number of carbonyl (C=O) groups is 1. The summed E-state index contributed by atoms with van der Waals surface area (Å²) >= 11 is 6.13. The van der Waals surface area contributed by atoms with Crippen LogP contribution in [0, 0.1) is 12.7 Å². The number of aryl methyl sites for hydroxylation is 1. The molecule has 1 aliphatic rings. The lowest BCUT2D eigenvalue weighted by Gasteiger charge is -2.38. The maximum Gasteiger partial charge on any atom is 0.241 e. The standard InChI is InChI=1S/C21H25ClFN3O2/c1-14-12-19(20(28-3)13-18(14)22)24-21(27)15(2)25-8-10-26(11-9-25)17-6-4-16(23)5-7-17/h4-7,12-13,15H,8-11H2,1-3H3,(H,24,27). The fourth-order valence-corrected chi connectivity index (χ4v) is 3.51. The molecule has 1 N–H and O–H groups in total. The number of anilines is 2. The Balaban J connectivity index is 1.60. The van der Waals surface area contributed by atoms with Crippen LogP contribution in [0.4, 0.5) is 15.8 Å². The normalized spacial score (nSPS) is 16.0. The van der Waals surface area contributed by atoms with Crippen LogP contribution in [0.3, 0.4) is 0 Å². The first kappa shape index (κ1) is 20.4. The second-order valence-corrected chi connectivity index (χ2v) is 7.37. The number of benzene rings is 2. The van der Waals surface area contributed by atoms with Crippen molar-refractivity contribution < 1.29 is 13.9 Å². The molecule has 2 aromatic carbocycles. The van der Waals surface area contributed by atoms with Crippen LogP contribution in [0.2, 0.25) is 5.02 Å². The Morgan fingerprint density at radius 1 is 1.18 bits per heavy atom. The number of hydrogen-bond acceptors (Lipinski definition) is 4. The molecule has 2 aromatic rings. The number of carbonyl (C=O) groups excluding carboxylic acids is 1. The van der Waals surface area contributed by atoms with E-state index in [-0.39, 0.29) is 17.8 Å². The number of amides is 1. The molecule has 5 nitrogen and oxygen atoms in total. The van der Waals surface area contributed by atoms with E-state index in [1.165, 1.54) is 12.1 Å². The molecule has 150 valence electrons. The van der Waals surface area contributed by atoms with Crippen LogP contribution < -0.4 is 15.0 Å².